The van der Waals surface area contributed by atoms with Crippen molar-refractivity contribution in [1.29, 1.82) is 0 Å². The van der Waals surface area contributed by atoms with Crippen molar-refractivity contribution in [2.45, 2.75) is 57.0 Å². The fourth-order valence-electron chi connectivity index (χ4n) is 2.32. The number of hydrogen-bond acceptors (Lipinski definition) is 6. The lowest BCUT2D eigenvalue weighted by Gasteiger charge is -2.29. The molecule has 9 heteroatoms. The Bertz CT molecular complexity index is 439. The minimum atomic E-state index is -1.31. The molecular formula is C13H23N3O6. The van der Waals surface area contributed by atoms with E-state index in [1.165, 1.54) is 13.8 Å². The van der Waals surface area contributed by atoms with Crippen molar-refractivity contribution in [2.24, 2.45) is 5.73 Å². The smallest absolute Gasteiger partial charge is 0.326 e. The molecule has 9 nitrogen and oxygen atoms in total. The van der Waals surface area contributed by atoms with Crippen LogP contribution in [-0.4, -0.2) is 74.9 Å². The average molecular weight is 317 g/mol. The lowest BCUT2D eigenvalue weighted by Crippen LogP contribution is -2.59. The molecule has 2 amide bonds. The molecule has 0 aromatic rings. The van der Waals surface area contributed by atoms with Crippen molar-refractivity contribution in [1.82, 2.24) is 10.2 Å². The monoisotopic (exact) mass is 317 g/mol. The molecule has 5 atom stereocenters. The molecule has 0 unspecified atom stereocenters. The maximum atomic E-state index is 12.4. The Balaban J connectivity index is 2.84. The summed E-state index contributed by atoms with van der Waals surface area (Å²) in [5.74, 6) is -2.59. The summed E-state index contributed by atoms with van der Waals surface area (Å²) in [4.78, 5) is 36.5. The van der Waals surface area contributed by atoms with Crippen LogP contribution >= 0.6 is 0 Å². The molecule has 1 rings (SSSR count). The Labute approximate surface area is 128 Å². The zero-order valence-electron chi connectivity index (χ0n) is 12.6. The number of carboxylic acids is 1. The highest BCUT2D eigenvalue weighted by Crippen LogP contribution is 2.19. The first kappa shape index (κ1) is 18.3. The molecule has 0 aliphatic carbocycles. The Morgan fingerprint density at radius 2 is 1.82 bits per heavy atom. The molecule has 1 aliphatic rings. The van der Waals surface area contributed by atoms with Crippen molar-refractivity contribution < 1.29 is 29.7 Å². The summed E-state index contributed by atoms with van der Waals surface area (Å²) in [5, 5.41) is 30.4. The van der Waals surface area contributed by atoms with Gasteiger partial charge in [-0.1, -0.05) is 0 Å². The van der Waals surface area contributed by atoms with Gasteiger partial charge in [-0.2, -0.15) is 0 Å². The van der Waals surface area contributed by atoms with Crippen molar-refractivity contribution in [3.05, 3.63) is 0 Å². The number of nitrogens with two attached hydrogens (primary N) is 1. The number of aliphatic carboxylic acids is 1. The van der Waals surface area contributed by atoms with Crippen molar-refractivity contribution in [2.75, 3.05) is 6.54 Å². The number of hydrogen-bond donors (Lipinski definition) is 5. The van der Waals surface area contributed by atoms with Gasteiger partial charge in [0.15, 0.2) is 0 Å². The summed E-state index contributed by atoms with van der Waals surface area (Å²) in [7, 11) is 0. The van der Waals surface area contributed by atoms with Crippen LogP contribution < -0.4 is 11.1 Å². The summed E-state index contributed by atoms with van der Waals surface area (Å²) in [6.07, 6.45) is -1.48. The van der Waals surface area contributed by atoms with E-state index in [9.17, 15) is 24.6 Å². The lowest BCUT2D eigenvalue weighted by atomic mass is 10.1. The minimum absolute atomic E-state index is 0.247. The van der Waals surface area contributed by atoms with E-state index in [-0.39, 0.29) is 6.54 Å². The highest BCUT2D eigenvalue weighted by Gasteiger charge is 2.39. The van der Waals surface area contributed by atoms with Crippen molar-refractivity contribution in [3.8, 4) is 0 Å². The number of nitrogens with zero attached hydrogens (tertiary/aromatic N) is 1. The Hall–Kier alpha value is -1.71. The number of amides is 2. The predicted molar refractivity (Wildman–Crippen MR) is 75.6 cm³/mol. The van der Waals surface area contributed by atoms with Crippen LogP contribution in [0.15, 0.2) is 0 Å². The highest BCUT2D eigenvalue weighted by molar-refractivity contribution is 5.92. The molecule has 0 spiro atoms. The van der Waals surface area contributed by atoms with Gasteiger partial charge in [-0.3, -0.25) is 9.59 Å². The van der Waals surface area contributed by atoms with Gasteiger partial charge in [0.2, 0.25) is 11.8 Å². The molecule has 6 N–H and O–H groups in total. The van der Waals surface area contributed by atoms with Crippen LogP contribution in [0.3, 0.4) is 0 Å². The van der Waals surface area contributed by atoms with Gasteiger partial charge in [-0.05, 0) is 26.7 Å². The van der Waals surface area contributed by atoms with Crippen LogP contribution in [0, 0.1) is 0 Å². The predicted octanol–water partition coefficient (Wildman–Crippen LogP) is -2.36. The third-order valence-corrected chi connectivity index (χ3v) is 3.69. The van der Waals surface area contributed by atoms with E-state index in [4.69, 9.17) is 10.8 Å². The van der Waals surface area contributed by atoms with Crippen LogP contribution in [0.1, 0.15) is 26.7 Å². The highest BCUT2D eigenvalue weighted by atomic mass is 16.4. The minimum Gasteiger partial charge on any atom is -0.480 e. The first-order chi connectivity index (χ1) is 10.2. The molecule has 1 fully saturated rings. The van der Waals surface area contributed by atoms with Crippen molar-refractivity contribution in [3.63, 3.8) is 0 Å². The normalized spacial score (nSPS) is 23.5. The standard InChI is InChI=1S/C13H23N3O6/c1-6(17)9(14)11(19)15-10(7(2)18)12(20)16-5-3-4-8(16)13(21)22/h6-10,17-18H,3-5,14H2,1-2H3,(H,15,19)(H,21,22)/t6-,7-,8-,9+,10+/m1/s1. The summed E-state index contributed by atoms with van der Waals surface area (Å²) in [5.41, 5.74) is 5.47. The second kappa shape index (κ2) is 7.52. The quantitative estimate of drug-likeness (QED) is 0.367. The van der Waals surface area contributed by atoms with Gasteiger partial charge in [0.25, 0.3) is 0 Å². The summed E-state index contributed by atoms with van der Waals surface area (Å²) >= 11 is 0. The maximum Gasteiger partial charge on any atom is 0.326 e. The largest absolute Gasteiger partial charge is 0.480 e. The molecular weight excluding hydrogens is 294 g/mol. The van der Waals surface area contributed by atoms with Crippen LogP contribution in [0.4, 0.5) is 0 Å². The van der Waals surface area contributed by atoms with E-state index in [0.29, 0.717) is 12.8 Å². The number of likely N-dealkylation sites (tertiary alicyclic amines) is 1. The van der Waals surface area contributed by atoms with Gasteiger partial charge in [0, 0.05) is 6.54 Å². The lowest BCUT2D eigenvalue weighted by molar-refractivity contribution is -0.150. The molecule has 0 saturated carbocycles. The zero-order chi connectivity index (χ0) is 17.0. The van der Waals surface area contributed by atoms with Gasteiger partial charge >= 0.3 is 5.97 Å². The maximum absolute atomic E-state index is 12.4. The number of carbonyl (C=O) groups excluding carboxylic acids is 2. The van der Waals surface area contributed by atoms with Gasteiger partial charge in [-0.25, -0.2) is 4.79 Å². The number of carboxylic acid groups (broad SMARTS) is 1. The third-order valence-electron chi connectivity index (χ3n) is 3.69. The summed E-state index contributed by atoms with van der Waals surface area (Å²) < 4.78 is 0. The van der Waals surface area contributed by atoms with Crippen LogP contribution in [-0.2, 0) is 14.4 Å². The van der Waals surface area contributed by atoms with E-state index in [2.05, 4.69) is 5.32 Å². The first-order valence-electron chi connectivity index (χ1n) is 7.12. The molecule has 0 bridgehead atoms. The zero-order valence-corrected chi connectivity index (χ0v) is 12.6. The molecule has 0 aromatic heterocycles. The first-order valence-corrected chi connectivity index (χ1v) is 7.12. The third kappa shape index (κ3) is 4.15. The second-order valence-corrected chi connectivity index (χ2v) is 5.52. The molecule has 0 aromatic carbocycles. The van der Waals surface area contributed by atoms with E-state index in [1.807, 2.05) is 0 Å². The number of carbonyl (C=O) groups is 3. The molecule has 22 heavy (non-hydrogen) atoms. The second-order valence-electron chi connectivity index (χ2n) is 5.52. The van der Waals surface area contributed by atoms with E-state index in [1.54, 1.807) is 0 Å². The molecule has 0 radical (unpaired) electrons. The summed E-state index contributed by atoms with van der Waals surface area (Å²) in [6.45, 7) is 2.88. The molecule has 1 heterocycles. The van der Waals surface area contributed by atoms with E-state index < -0.39 is 48.1 Å². The van der Waals surface area contributed by atoms with Gasteiger partial charge in [0.1, 0.15) is 18.1 Å². The number of aliphatic hydroxyl groups is 2. The van der Waals surface area contributed by atoms with Gasteiger partial charge in [-0.15, -0.1) is 0 Å². The van der Waals surface area contributed by atoms with E-state index in [0.717, 1.165) is 4.90 Å². The SMILES string of the molecule is C[C@@H](O)[C@H](N)C(=O)N[C@H](C(=O)N1CCC[C@@H]1C(=O)O)[C@@H](C)O. The van der Waals surface area contributed by atoms with E-state index >= 15 is 0 Å². The molecule has 126 valence electrons. The molecule has 1 aliphatic heterocycles. The van der Waals surface area contributed by atoms with Crippen molar-refractivity contribution >= 4 is 17.8 Å². The van der Waals surface area contributed by atoms with Crippen LogP contribution in [0.2, 0.25) is 0 Å². The molecule has 1 saturated heterocycles. The van der Waals surface area contributed by atoms with Gasteiger partial charge < -0.3 is 31.3 Å². The Morgan fingerprint density at radius 1 is 1.23 bits per heavy atom. The summed E-state index contributed by atoms with van der Waals surface area (Å²) in [6, 6.07) is -3.52. The Morgan fingerprint density at radius 3 is 2.27 bits per heavy atom. The average Bonchev–Trinajstić information content (AvgIpc) is 2.91. The number of aliphatic hydroxyl groups excluding tert-OH is 2. The number of rotatable bonds is 6. The fraction of sp³-hybridized carbons (Fsp3) is 0.769. The van der Waals surface area contributed by atoms with Crippen LogP contribution in [0.5, 0.6) is 0 Å². The topological polar surface area (TPSA) is 153 Å². The van der Waals surface area contributed by atoms with Gasteiger partial charge in [0.05, 0.1) is 12.2 Å². The number of nitrogens with one attached hydrogen (secondary N) is 1. The van der Waals surface area contributed by atoms with Crippen LogP contribution in [0.25, 0.3) is 0 Å². The Kier molecular flexibility index (Phi) is 6.27. The fourth-order valence-corrected chi connectivity index (χ4v) is 2.32.